The van der Waals surface area contributed by atoms with Crippen LogP contribution in [-0.4, -0.2) is 32.3 Å². The zero-order valence-electron chi connectivity index (χ0n) is 15.9. The van der Waals surface area contributed by atoms with Crippen LogP contribution in [0.2, 0.25) is 0 Å². The molecule has 5 heteroatoms. The predicted molar refractivity (Wildman–Crippen MR) is 102 cm³/mol. The molecule has 1 unspecified atom stereocenters. The van der Waals surface area contributed by atoms with Crippen LogP contribution in [0.4, 0.5) is 0 Å². The number of hydrogen-bond acceptors (Lipinski definition) is 4. The van der Waals surface area contributed by atoms with Crippen molar-refractivity contribution in [3.8, 4) is 17.2 Å². The lowest BCUT2D eigenvalue weighted by molar-refractivity contribution is -0.128. The Morgan fingerprint density at radius 2 is 1.73 bits per heavy atom. The Morgan fingerprint density at radius 3 is 2.35 bits per heavy atom. The molecule has 0 spiro atoms. The molecule has 5 nitrogen and oxygen atoms in total. The molecular weight excluding hydrogens is 330 g/mol. The fourth-order valence-corrected chi connectivity index (χ4v) is 2.66. The highest BCUT2D eigenvalue weighted by Crippen LogP contribution is 2.27. The zero-order chi connectivity index (χ0) is 18.9. The number of hydrogen-bond donors (Lipinski definition) is 1. The third-order valence-electron chi connectivity index (χ3n) is 3.87. The molecule has 0 bridgehead atoms. The quantitative estimate of drug-likeness (QED) is 0.696. The molecule has 0 saturated carbocycles. The average molecular weight is 357 g/mol. The van der Waals surface area contributed by atoms with Crippen molar-refractivity contribution in [1.29, 1.82) is 0 Å². The highest BCUT2D eigenvalue weighted by molar-refractivity contribution is 5.81. The molecule has 2 aromatic rings. The van der Waals surface area contributed by atoms with Gasteiger partial charge in [0.05, 0.1) is 13.7 Å². The number of carbonyl (C=O) groups is 1. The van der Waals surface area contributed by atoms with Crippen LogP contribution >= 0.6 is 0 Å². The summed E-state index contributed by atoms with van der Waals surface area (Å²) in [5.41, 5.74) is 2.31. The molecule has 2 rings (SSSR count). The number of aryl methyl sites for hydroxylation is 2. The fourth-order valence-electron chi connectivity index (χ4n) is 2.66. The summed E-state index contributed by atoms with van der Waals surface area (Å²) in [5, 5.41) is 2.86. The Labute approximate surface area is 155 Å². The van der Waals surface area contributed by atoms with Crippen LogP contribution in [-0.2, 0) is 4.79 Å². The monoisotopic (exact) mass is 357 g/mol. The average Bonchev–Trinajstić information content (AvgIpc) is 2.62. The van der Waals surface area contributed by atoms with Crippen molar-refractivity contribution >= 4 is 5.91 Å². The van der Waals surface area contributed by atoms with Gasteiger partial charge in [-0.05, 0) is 55.7 Å². The summed E-state index contributed by atoms with van der Waals surface area (Å²) in [4.78, 5) is 12.4. The maximum atomic E-state index is 12.4. The summed E-state index contributed by atoms with van der Waals surface area (Å²) < 4.78 is 16.8. The van der Waals surface area contributed by atoms with Crippen LogP contribution in [0.1, 0.15) is 24.5 Å². The molecule has 2 aromatic carbocycles. The third-order valence-corrected chi connectivity index (χ3v) is 3.87. The second-order valence-electron chi connectivity index (χ2n) is 6.13. The minimum absolute atomic E-state index is 0.164. The van der Waals surface area contributed by atoms with Crippen molar-refractivity contribution in [3.63, 3.8) is 0 Å². The van der Waals surface area contributed by atoms with E-state index in [-0.39, 0.29) is 5.91 Å². The van der Waals surface area contributed by atoms with Crippen molar-refractivity contribution in [2.24, 2.45) is 0 Å². The van der Waals surface area contributed by atoms with Gasteiger partial charge in [0.15, 0.2) is 17.6 Å². The highest BCUT2D eigenvalue weighted by atomic mass is 16.5. The van der Waals surface area contributed by atoms with Crippen LogP contribution < -0.4 is 19.5 Å². The van der Waals surface area contributed by atoms with E-state index in [1.54, 1.807) is 19.2 Å². The van der Waals surface area contributed by atoms with E-state index in [2.05, 4.69) is 11.4 Å². The molecule has 1 atom stereocenters. The Hall–Kier alpha value is -2.69. The van der Waals surface area contributed by atoms with Crippen molar-refractivity contribution < 1.29 is 19.0 Å². The Kier molecular flexibility index (Phi) is 7.33. The fraction of sp³-hybridized carbons (Fsp3) is 0.381. The number of carbonyl (C=O) groups excluding carboxylic acids is 1. The first kappa shape index (κ1) is 19.6. The van der Waals surface area contributed by atoms with E-state index >= 15 is 0 Å². The van der Waals surface area contributed by atoms with E-state index in [1.807, 2.05) is 45.0 Å². The molecule has 0 radical (unpaired) electrons. The van der Waals surface area contributed by atoms with Gasteiger partial charge in [0.2, 0.25) is 0 Å². The summed E-state index contributed by atoms with van der Waals surface area (Å²) in [6, 6.07) is 13.4. The first-order valence-corrected chi connectivity index (χ1v) is 8.82. The molecule has 0 aromatic heterocycles. The van der Waals surface area contributed by atoms with E-state index in [9.17, 15) is 4.79 Å². The Bertz CT molecular complexity index is 709. The molecular formula is C21H27NO4. The molecule has 0 saturated heterocycles. The Morgan fingerprint density at radius 1 is 1.08 bits per heavy atom. The molecule has 1 N–H and O–H groups in total. The minimum atomic E-state index is -0.576. The van der Waals surface area contributed by atoms with E-state index < -0.39 is 6.10 Å². The van der Waals surface area contributed by atoms with Crippen molar-refractivity contribution in [2.75, 3.05) is 20.3 Å². The SMILES string of the molecule is CCC(Oc1ccccc1OC)C(=O)NCCOc1cc(C)cc(C)c1. The molecule has 0 aliphatic heterocycles. The van der Waals surface area contributed by atoms with Crippen LogP contribution in [0.25, 0.3) is 0 Å². The van der Waals surface area contributed by atoms with Crippen molar-refractivity contribution in [2.45, 2.75) is 33.3 Å². The zero-order valence-corrected chi connectivity index (χ0v) is 15.9. The van der Waals surface area contributed by atoms with Gasteiger partial charge < -0.3 is 19.5 Å². The molecule has 140 valence electrons. The summed E-state index contributed by atoms with van der Waals surface area (Å²) >= 11 is 0. The van der Waals surface area contributed by atoms with E-state index in [1.165, 1.54) is 0 Å². The lowest BCUT2D eigenvalue weighted by Gasteiger charge is -2.19. The number of rotatable bonds is 9. The maximum absolute atomic E-state index is 12.4. The van der Waals surface area contributed by atoms with Crippen molar-refractivity contribution in [3.05, 3.63) is 53.6 Å². The minimum Gasteiger partial charge on any atom is -0.493 e. The van der Waals surface area contributed by atoms with Gasteiger partial charge in [-0.2, -0.15) is 0 Å². The Balaban J connectivity index is 1.83. The molecule has 0 aliphatic carbocycles. The lowest BCUT2D eigenvalue weighted by atomic mass is 10.1. The third kappa shape index (κ3) is 5.69. The smallest absolute Gasteiger partial charge is 0.261 e. The highest BCUT2D eigenvalue weighted by Gasteiger charge is 2.19. The van der Waals surface area contributed by atoms with Crippen LogP contribution in [0.5, 0.6) is 17.2 Å². The van der Waals surface area contributed by atoms with Gasteiger partial charge in [-0.15, -0.1) is 0 Å². The first-order chi connectivity index (χ1) is 12.5. The number of nitrogens with one attached hydrogen (secondary N) is 1. The van der Waals surface area contributed by atoms with Crippen LogP contribution in [0.15, 0.2) is 42.5 Å². The van der Waals surface area contributed by atoms with Gasteiger partial charge in [0, 0.05) is 0 Å². The largest absolute Gasteiger partial charge is 0.493 e. The second kappa shape index (κ2) is 9.70. The number of ether oxygens (including phenoxy) is 3. The topological polar surface area (TPSA) is 56.8 Å². The normalized spacial score (nSPS) is 11.5. The molecule has 0 aliphatic rings. The molecule has 26 heavy (non-hydrogen) atoms. The van der Waals surface area contributed by atoms with E-state index in [0.717, 1.165) is 16.9 Å². The standard InChI is InChI=1S/C21H27NO4/c1-5-18(26-20-9-7-6-8-19(20)24-4)21(23)22-10-11-25-17-13-15(2)12-16(3)14-17/h6-9,12-14,18H,5,10-11H2,1-4H3,(H,22,23). The number of para-hydroxylation sites is 2. The predicted octanol–water partition coefficient (Wildman–Crippen LogP) is 3.66. The van der Waals surface area contributed by atoms with E-state index in [0.29, 0.717) is 31.1 Å². The van der Waals surface area contributed by atoms with Gasteiger partial charge in [-0.25, -0.2) is 0 Å². The molecule has 0 heterocycles. The second-order valence-corrected chi connectivity index (χ2v) is 6.13. The van der Waals surface area contributed by atoms with Crippen molar-refractivity contribution in [1.82, 2.24) is 5.32 Å². The summed E-state index contributed by atoms with van der Waals surface area (Å²) in [6.07, 6.45) is -0.0190. The summed E-state index contributed by atoms with van der Waals surface area (Å²) in [5.74, 6) is 1.82. The molecule has 1 amide bonds. The van der Waals surface area contributed by atoms with Gasteiger partial charge >= 0.3 is 0 Å². The number of amides is 1. The van der Waals surface area contributed by atoms with Gasteiger partial charge in [0.25, 0.3) is 5.91 Å². The van der Waals surface area contributed by atoms with Gasteiger partial charge in [-0.1, -0.05) is 25.1 Å². The van der Waals surface area contributed by atoms with Crippen LogP contribution in [0.3, 0.4) is 0 Å². The molecule has 0 fully saturated rings. The first-order valence-electron chi connectivity index (χ1n) is 8.82. The summed E-state index contributed by atoms with van der Waals surface area (Å²) in [6.45, 7) is 6.79. The van der Waals surface area contributed by atoms with Gasteiger partial charge in [-0.3, -0.25) is 4.79 Å². The van der Waals surface area contributed by atoms with Crippen LogP contribution in [0, 0.1) is 13.8 Å². The summed E-state index contributed by atoms with van der Waals surface area (Å²) in [7, 11) is 1.58. The number of benzene rings is 2. The van der Waals surface area contributed by atoms with E-state index in [4.69, 9.17) is 14.2 Å². The maximum Gasteiger partial charge on any atom is 0.261 e. The lowest BCUT2D eigenvalue weighted by Crippen LogP contribution is -2.39. The van der Waals surface area contributed by atoms with Gasteiger partial charge in [0.1, 0.15) is 12.4 Å². The number of methoxy groups -OCH3 is 1.